The van der Waals surface area contributed by atoms with Gasteiger partial charge in [0.05, 0.1) is 0 Å². The topological polar surface area (TPSA) is 93.9 Å². The Labute approximate surface area is 311 Å². The largest absolute Gasteiger partial charge is 0.507 e. The molecule has 1 aliphatic carbocycles. The van der Waals surface area contributed by atoms with Crippen LogP contribution in [0.1, 0.15) is 89.0 Å². The summed E-state index contributed by atoms with van der Waals surface area (Å²) in [6.45, 7) is 11.0. The Morgan fingerprint density at radius 1 is 0.365 bits per heavy atom. The predicted molar refractivity (Wildman–Crippen MR) is 212 cm³/mol. The lowest BCUT2D eigenvalue weighted by atomic mass is 9.83. The highest BCUT2D eigenvalue weighted by molar-refractivity contribution is 5.62. The average Bonchev–Trinajstić information content (AvgIpc) is 3.04. The fourth-order valence-corrected chi connectivity index (χ4v) is 8.00. The van der Waals surface area contributed by atoms with Crippen molar-refractivity contribution in [2.75, 3.05) is 56.4 Å². The van der Waals surface area contributed by atoms with E-state index in [9.17, 15) is 20.4 Å². The Bertz CT molecular complexity index is 1850. The number of aromatic hydroxyl groups is 4. The molecule has 0 saturated carbocycles. The summed E-state index contributed by atoms with van der Waals surface area (Å²) < 4.78 is 0. The highest BCUT2D eigenvalue weighted by Crippen LogP contribution is 2.43. The molecule has 4 aromatic rings. The SMILES string of the molecule is Cc1c(CN(C)C)cc2c(O)c1Cc1cc(CN(C)C)c(C)c(c1O)Cc1c(C)c(CN(C)C)cc(c1O)Cc1c(C)c(CN(C)C)cc(c1O)C2. The van der Waals surface area contributed by atoms with Crippen molar-refractivity contribution in [1.82, 2.24) is 19.6 Å². The van der Waals surface area contributed by atoms with E-state index < -0.39 is 0 Å². The highest BCUT2D eigenvalue weighted by Gasteiger charge is 2.26. The second-order valence-electron chi connectivity index (χ2n) is 16.2. The van der Waals surface area contributed by atoms with E-state index in [2.05, 4.69) is 71.6 Å². The number of hydrogen-bond acceptors (Lipinski definition) is 8. The molecule has 0 saturated heterocycles. The van der Waals surface area contributed by atoms with Crippen molar-refractivity contribution in [2.45, 2.75) is 79.6 Å². The zero-order chi connectivity index (χ0) is 38.3. The summed E-state index contributed by atoms with van der Waals surface area (Å²) in [6.07, 6.45) is 1.33. The van der Waals surface area contributed by atoms with Gasteiger partial charge in [0, 0.05) is 74.1 Å². The highest BCUT2D eigenvalue weighted by atomic mass is 16.3. The first-order valence-corrected chi connectivity index (χ1v) is 18.3. The van der Waals surface area contributed by atoms with Crippen LogP contribution < -0.4 is 0 Å². The molecule has 280 valence electrons. The van der Waals surface area contributed by atoms with Crippen LogP contribution in [0, 0.1) is 27.7 Å². The molecule has 52 heavy (non-hydrogen) atoms. The second kappa shape index (κ2) is 15.5. The molecule has 1 aliphatic rings. The van der Waals surface area contributed by atoms with Crippen molar-refractivity contribution in [2.24, 2.45) is 0 Å². The van der Waals surface area contributed by atoms with Gasteiger partial charge in [-0.25, -0.2) is 0 Å². The van der Waals surface area contributed by atoms with Gasteiger partial charge in [0.15, 0.2) is 0 Å². The molecule has 0 heterocycles. The average molecular weight is 709 g/mol. The van der Waals surface area contributed by atoms with Gasteiger partial charge >= 0.3 is 0 Å². The Morgan fingerprint density at radius 2 is 0.577 bits per heavy atom. The standard InChI is InChI=1S/C44H60N4O4/c1-25-33(21-45(5)6)14-29-13-30-15-34(22-46(7)8)26(2)38(42(30)50)19-32-17-36(24-48(11)12)28(4)40(44(32)52)20-39-27(3)35(23-47(9)10)16-31(43(39)51)18-37(25)41(29)49/h14-17,49-52H,13,18-24H2,1-12H3. The first-order valence-electron chi connectivity index (χ1n) is 18.3. The number of rotatable bonds is 8. The van der Waals surface area contributed by atoms with Gasteiger partial charge < -0.3 is 40.0 Å². The Morgan fingerprint density at radius 3 is 0.808 bits per heavy atom. The van der Waals surface area contributed by atoms with Crippen molar-refractivity contribution >= 4 is 0 Å². The summed E-state index contributed by atoms with van der Waals surface area (Å²) >= 11 is 0. The van der Waals surface area contributed by atoms with Crippen LogP contribution in [0.5, 0.6) is 23.0 Å². The lowest BCUT2D eigenvalue weighted by Gasteiger charge is -2.25. The van der Waals surface area contributed by atoms with E-state index in [-0.39, 0.29) is 23.0 Å². The fraction of sp³-hybridized carbons (Fsp3) is 0.455. The van der Waals surface area contributed by atoms with Crippen molar-refractivity contribution in [3.63, 3.8) is 0 Å². The van der Waals surface area contributed by atoms with Gasteiger partial charge in [-0.1, -0.05) is 24.3 Å². The van der Waals surface area contributed by atoms with E-state index in [1.54, 1.807) is 0 Å². The molecular formula is C44H60N4O4. The van der Waals surface area contributed by atoms with Gasteiger partial charge in [-0.2, -0.15) is 0 Å². The molecule has 0 aromatic heterocycles. The van der Waals surface area contributed by atoms with Crippen LogP contribution in [0.4, 0.5) is 0 Å². The van der Waals surface area contributed by atoms with Crippen LogP contribution in [0.25, 0.3) is 0 Å². The summed E-state index contributed by atoms with van der Waals surface area (Å²) in [5, 5.41) is 48.7. The van der Waals surface area contributed by atoms with Crippen molar-refractivity contribution < 1.29 is 20.4 Å². The molecule has 0 fully saturated rings. The number of nitrogens with zero attached hydrogens (tertiary/aromatic N) is 4. The molecule has 0 atom stereocenters. The minimum atomic E-state index is 0.200. The molecule has 5 rings (SSSR count). The van der Waals surface area contributed by atoms with Crippen molar-refractivity contribution in [3.8, 4) is 23.0 Å². The van der Waals surface area contributed by atoms with Crippen molar-refractivity contribution in [1.29, 1.82) is 0 Å². The first kappa shape index (κ1) is 39.1. The molecule has 8 bridgehead atoms. The first-order chi connectivity index (χ1) is 24.4. The lowest BCUT2D eigenvalue weighted by Crippen LogP contribution is -2.16. The number of fused-ring (bicyclic) bond motifs is 8. The zero-order valence-electron chi connectivity index (χ0n) is 33.5. The van der Waals surface area contributed by atoms with Crippen LogP contribution in [0.3, 0.4) is 0 Å². The maximum absolute atomic E-state index is 12.2. The molecule has 0 amide bonds. The fourth-order valence-electron chi connectivity index (χ4n) is 8.00. The Kier molecular flexibility index (Phi) is 11.7. The maximum Gasteiger partial charge on any atom is 0.122 e. The van der Waals surface area contributed by atoms with Gasteiger partial charge in [0.25, 0.3) is 0 Å². The van der Waals surface area contributed by atoms with E-state index in [0.717, 1.165) is 89.0 Å². The van der Waals surface area contributed by atoms with Crippen LogP contribution in [-0.2, 0) is 51.9 Å². The smallest absolute Gasteiger partial charge is 0.122 e. The quantitative estimate of drug-likeness (QED) is 0.142. The molecule has 0 unspecified atom stereocenters. The third-order valence-corrected chi connectivity index (χ3v) is 10.9. The van der Waals surface area contributed by atoms with Crippen molar-refractivity contribution in [3.05, 3.63) is 113 Å². The molecule has 0 aliphatic heterocycles. The summed E-state index contributed by atoms with van der Waals surface area (Å²) in [7, 11) is 16.3. The number of hydrogen-bond donors (Lipinski definition) is 4. The van der Waals surface area contributed by atoms with Crippen LogP contribution in [-0.4, -0.2) is 96.4 Å². The Hall–Kier alpha value is -4.08. The molecular weight excluding hydrogens is 649 g/mol. The summed E-state index contributed by atoms with van der Waals surface area (Å²) in [6, 6.07) is 8.32. The normalized spacial score (nSPS) is 13.2. The second-order valence-corrected chi connectivity index (χ2v) is 16.2. The van der Waals surface area contributed by atoms with Gasteiger partial charge in [-0.3, -0.25) is 0 Å². The van der Waals surface area contributed by atoms with Gasteiger partial charge in [-0.05, 0) is 151 Å². The van der Waals surface area contributed by atoms with E-state index in [1.165, 1.54) is 0 Å². The van der Waals surface area contributed by atoms with Gasteiger partial charge in [0.1, 0.15) is 23.0 Å². The van der Waals surface area contributed by atoms with Gasteiger partial charge in [-0.15, -0.1) is 0 Å². The minimum absolute atomic E-state index is 0.200. The molecule has 0 radical (unpaired) electrons. The molecule has 8 heteroatoms. The Balaban J connectivity index is 1.91. The molecule has 4 N–H and O–H groups in total. The lowest BCUT2D eigenvalue weighted by molar-refractivity contribution is 0.398. The van der Waals surface area contributed by atoms with Crippen LogP contribution in [0.2, 0.25) is 0 Å². The van der Waals surface area contributed by atoms with E-state index in [1.807, 2.05) is 56.4 Å². The number of phenols is 4. The predicted octanol–water partition coefficient (Wildman–Crippen LogP) is 6.67. The number of benzene rings is 4. The van der Waals surface area contributed by atoms with E-state index in [4.69, 9.17) is 0 Å². The monoisotopic (exact) mass is 708 g/mol. The van der Waals surface area contributed by atoms with E-state index in [0.29, 0.717) is 51.9 Å². The minimum Gasteiger partial charge on any atom is -0.507 e. The number of phenolic OH excluding ortho intramolecular Hbond substituents is 4. The maximum atomic E-state index is 12.2. The summed E-state index contributed by atoms with van der Waals surface area (Å²) in [5.41, 5.74) is 14.4. The third-order valence-electron chi connectivity index (χ3n) is 10.9. The molecule has 4 aromatic carbocycles. The zero-order valence-corrected chi connectivity index (χ0v) is 33.5. The summed E-state index contributed by atoms with van der Waals surface area (Å²) in [5.74, 6) is 0.808. The van der Waals surface area contributed by atoms with E-state index >= 15 is 0 Å². The van der Waals surface area contributed by atoms with Crippen LogP contribution in [0.15, 0.2) is 24.3 Å². The van der Waals surface area contributed by atoms with Crippen LogP contribution >= 0.6 is 0 Å². The molecule has 8 nitrogen and oxygen atoms in total. The molecule has 0 spiro atoms. The third kappa shape index (κ3) is 7.96. The summed E-state index contributed by atoms with van der Waals surface area (Å²) in [4.78, 5) is 8.50. The van der Waals surface area contributed by atoms with Gasteiger partial charge in [0.2, 0.25) is 0 Å².